The van der Waals surface area contributed by atoms with E-state index in [0.717, 1.165) is 6.54 Å². The van der Waals surface area contributed by atoms with Gasteiger partial charge in [0.15, 0.2) is 0 Å². The van der Waals surface area contributed by atoms with Gasteiger partial charge in [0, 0.05) is 11.4 Å². The van der Waals surface area contributed by atoms with Crippen LogP contribution in [0, 0.1) is 0 Å². The third-order valence-corrected chi connectivity index (χ3v) is 2.75. The fourth-order valence-electron chi connectivity index (χ4n) is 1.22. The van der Waals surface area contributed by atoms with Gasteiger partial charge in [-0.05, 0) is 11.4 Å². The lowest BCUT2D eigenvalue weighted by Gasteiger charge is -2.27. The summed E-state index contributed by atoms with van der Waals surface area (Å²) in [6.45, 7) is 2.15. The monoisotopic (exact) mass is 197 g/mol. The SMILES string of the molecule is O=C1NCN(Cc2cccs2)CN1. The van der Waals surface area contributed by atoms with Gasteiger partial charge in [-0.25, -0.2) is 4.79 Å². The number of hydrogen-bond acceptors (Lipinski definition) is 3. The summed E-state index contributed by atoms with van der Waals surface area (Å²) in [5.41, 5.74) is 0. The van der Waals surface area contributed by atoms with Crippen LogP contribution in [0.3, 0.4) is 0 Å². The van der Waals surface area contributed by atoms with Crippen LogP contribution in [0.5, 0.6) is 0 Å². The first kappa shape index (κ1) is 8.52. The van der Waals surface area contributed by atoms with Crippen molar-refractivity contribution >= 4 is 17.4 Å². The van der Waals surface area contributed by atoms with E-state index >= 15 is 0 Å². The van der Waals surface area contributed by atoms with E-state index < -0.39 is 0 Å². The molecule has 1 fully saturated rings. The van der Waals surface area contributed by atoms with Gasteiger partial charge in [-0.3, -0.25) is 4.90 Å². The van der Waals surface area contributed by atoms with Crippen molar-refractivity contribution in [1.82, 2.24) is 15.5 Å². The lowest BCUT2D eigenvalue weighted by molar-refractivity contribution is 0.179. The van der Waals surface area contributed by atoms with Crippen LogP contribution in [-0.2, 0) is 6.54 Å². The van der Waals surface area contributed by atoms with Crippen LogP contribution >= 0.6 is 11.3 Å². The molecule has 1 aromatic heterocycles. The number of hydrogen-bond donors (Lipinski definition) is 2. The van der Waals surface area contributed by atoms with Crippen molar-refractivity contribution in [3.8, 4) is 0 Å². The highest BCUT2D eigenvalue weighted by Crippen LogP contribution is 2.11. The summed E-state index contributed by atoms with van der Waals surface area (Å²) in [4.78, 5) is 14.2. The normalized spacial score (nSPS) is 18.0. The van der Waals surface area contributed by atoms with Crippen LogP contribution in [0.25, 0.3) is 0 Å². The molecule has 0 radical (unpaired) electrons. The smallest absolute Gasteiger partial charge is 0.316 e. The van der Waals surface area contributed by atoms with Gasteiger partial charge in [-0.1, -0.05) is 6.07 Å². The van der Waals surface area contributed by atoms with Crippen molar-refractivity contribution in [2.75, 3.05) is 13.3 Å². The first-order valence-electron chi connectivity index (χ1n) is 4.11. The van der Waals surface area contributed by atoms with Gasteiger partial charge in [0.2, 0.25) is 0 Å². The molecule has 13 heavy (non-hydrogen) atoms. The molecule has 5 heteroatoms. The molecule has 2 amide bonds. The zero-order chi connectivity index (χ0) is 9.10. The summed E-state index contributed by atoms with van der Waals surface area (Å²) in [5, 5.41) is 7.51. The maximum Gasteiger partial charge on any atom is 0.316 e. The lowest BCUT2D eigenvalue weighted by atomic mass is 10.4. The number of nitrogens with one attached hydrogen (secondary N) is 2. The second kappa shape index (κ2) is 3.76. The first-order valence-corrected chi connectivity index (χ1v) is 4.99. The molecule has 1 aliphatic heterocycles. The van der Waals surface area contributed by atoms with Crippen LogP contribution in [0.4, 0.5) is 4.79 Å². The molecular formula is C8H11N3OS. The molecule has 1 aliphatic rings. The third kappa shape index (κ3) is 2.19. The highest BCUT2D eigenvalue weighted by Gasteiger charge is 2.13. The van der Waals surface area contributed by atoms with E-state index in [1.165, 1.54) is 4.88 Å². The second-order valence-corrected chi connectivity index (χ2v) is 3.94. The van der Waals surface area contributed by atoms with E-state index in [9.17, 15) is 4.79 Å². The van der Waals surface area contributed by atoms with E-state index in [1.807, 2.05) is 6.07 Å². The lowest BCUT2D eigenvalue weighted by Crippen LogP contribution is -2.53. The molecule has 0 saturated carbocycles. The Kier molecular flexibility index (Phi) is 2.47. The third-order valence-electron chi connectivity index (χ3n) is 1.89. The Morgan fingerprint density at radius 2 is 2.23 bits per heavy atom. The summed E-state index contributed by atoms with van der Waals surface area (Å²) in [6.07, 6.45) is 0. The number of carbonyl (C=O) groups is 1. The Balaban J connectivity index is 1.86. The van der Waals surface area contributed by atoms with Gasteiger partial charge in [0.25, 0.3) is 0 Å². The highest BCUT2D eigenvalue weighted by molar-refractivity contribution is 7.09. The number of nitrogens with zero attached hydrogens (tertiary/aromatic N) is 1. The van der Waals surface area contributed by atoms with E-state index in [4.69, 9.17) is 0 Å². The minimum Gasteiger partial charge on any atom is -0.325 e. The Hall–Kier alpha value is -1.07. The minimum absolute atomic E-state index is 0.0811. The van der Waals surface area contributed by atoms with Crippen LogP contribution in [-0.4, -0.2) is 24.3 Å². The van der Waals surface area contributed by atoms with Crippen molar-refractivity contribution in [1.29, 1.82) is 0 Å². The summed E-state index contributed by atoms with van der Waals surface area (Å²) in [6, 6.07) is 4.05. The molecule has 0 unspecified atom stereocenters. The van der Waals surface area contributed by atoms with Gasteiger partial charge in [0.1, 0.15) is 0 Å². The Morgan fingerprint density at radius 3 is 2.85 bits per heavy atom. The molecule has 4 nitrogen and oxygen atoms in total. The standard InChI is InChI=1S/C8H11N3OS/c12-8-9-5-11(6-10-8)4-7-2-1-3-13-7/h1-3H,4-6H2,(H2,9,10,12). The largest absolute Gasteiger partial charge is 0.325 e. The van der Waals surface area contributed by atoms with E-state index in [2.05, 4.69) is 27.0 Å². The number of rotatable bonds is 2. The number of thiophene rings is 1. The van der Waals surface area contributed by atoms with Crippen LogP contribution < -0.4 is 10.6 Å². The Bertz CT molecular complexity index is 276. The van der Waals surface area contributed by atoms with Crippen LogP contribution in [0.15, 0.2) is 17.5 Å². The first-order chi connectivity index (χ1) is 6.34. The van der Waals surface area contributed by atoms with Crippen molar-refractivity contribution in [3.05, 3.63) is 22.4 Å². The molecule has 0 aromatic carbocycles. The predicted octanol–water partition coefficient (Wildman–Crippen LogP) is 0.778. The molecule has 2 rings (SSSR count). The number of urea groups is 1. The fourth-order valence-corrected chi connectivity index (χ4v) is 1.97. The molecule has 2 N–H and O–H groups in total. The zero-order valence-corrected chi connectivity index (χ0v) is 7.93. The maximum absolute atomic E-state index is 10.8. The van der Waals surface area contributed by atoms with E-state index in [0.29, 0.717) is 13.3 Å². The van der Waals surface area contributed by atoms with E-state index in [-0.39, 0.29) is 6.03 Å². The highest BCUT2D eigenvalue weighted by atomic mass is 32.1. The van der Waals surface area contributed by atoms with Crippen molar-refractivity contribution in [2.45, 2.75) is 6.54 Å². The molecule has 0 aliphatic carbocycles. The van der Waals surface area contributed by atoms with Gasteiger partial charge < -0.3 is 10.6 Å². The molecule has 0 spiro atoms. The van der Waals surface area contributed by atoms with Gasteiger partial charge >= 0.3 is 6.03 Å². The van der Waals surface area contributed by atoms with Crippen LogP contribution in [0.2, 0.25) is 0 Å². The zero-order valence-electron chi connectivity index (χ0n) is 7.12. The summed E-state index contributed by atoms with van der Waals surface area (Å²) in [7, 11) is 0. The fraction of sp³-hybridized carbons (Fsp3) is 0.375. The molecular weight excluding hydrogens is 186 g/mol. The molecule has 1 saturated heterocycles. The average molecular weight is 197 g/mol. The molecule has 0 bridgehead atoms. The second-order valence-electron chi connectivity index (χ2n) is 2.91. The maximum atomic E-state index is 10.8. The van der Waals surface area contributed by atoms with Gasteiger partial charge in [-0.2, -0.15) is 0 Å². The Morgan fingerprint density at radius 1 is 1.46 bits per heavy atom. The van der Waals surface area contributed by atoms with E-state index in [1.54, 1.807) is 11.3 Å². The molecule has 0 atom stereocenters. The van der Waals surface area contributed by atoms with Crippen molar-refractivity contribution in [2.24, 2.45) is 0 Å². The van der Waals surface area contributed by atoms with Gasteiger partial charge in [-0.15, -0.1) is 11.3 Å². The molecule has 70 valence electrons. The molecule has 2 heterocycles. The van der Waals surface area contributed by atoms with Gasteiger partial charge in [0.05, 0.1) is 13.3 Å². The predicted molar refractivity (Wildman–Crippen MR) is 51.3 cm³/mol. The summed E-state index contributed by atoms with van der Waals surface area (Å²) in [5.74, 6) is 0. The van der Waals surface area contributed by atoms with Crippen molar-refractivity contribution < 1.29 is 4.79 Å². The van der Waals surface area contributed by atoms with Crippen LogP contribution in [0.1, 0.15) is 4.88 Å². The average Bonchev–Trinajstić information content (AvgIpc) is 2.62. The topological polar surface area (TPSA) is 44.4 Å². The quantitative estimate of drug-likeness (QED) is 0.735. The minimum atomic E-state index is -0.0811. The molecule has 1 aromatic rings. The summed E-state index contributed by atoms with van der Waals surface area (Å²) >= 11 is 1.74. The Labute approximate surface area is 80.5 Å². The number of amides is 2. The van der Waals surface area contributed by atoms with Crippen molar-refractivity contribution in [3.63, 3.8) is 0 Å². The number of carbonyl (C=O) groups excluding carboxylic acids is 1. The summed E-state index contributed by atoms with van der Waals surface area (Å²) < 4.78 is 0.